The molecular formula is C6H12N2O2S. The quantitative estimate of drug-likeness (QED) is 0.607. The molecule has 1 saturated carbocycles. The van der Waals surface area contributed by atoms with Crippen molar-refractivity contribution in [1.82, 2.24) is 9.62 Å². The summed E-state index contributed by atoms with van der Waals surface area (Å²) in [5.74, 6) is 0. The van der Waals surface area contributed by atoms with Gasteiger partial charge in [-0.25, -0.2) is 8.42 Å². The summed E-state index contributed by atoms with van der Waals surface area (Å²) in [7, 11) is -2.89. The first-order valence-electron chi connectivity index (χ1n) is 3.91. The van der Waals surface area contributed by atoms with E-state index in [2.05, 4.69) is 5.32 Å². The van der Waals surface area contributed by atoms with Crippen LogP contribution in [0.3, 0.4) is 0 Å². The Morgan fingerprint density at radius 2 is 2.09 bits per heavy atom. The third-order valence-corrected chi connectivity index (χ3v) is 4.48. The molecule has 1 saturated heterocycles. The predicted octanol–water partition coefficient (Wildman–Crippen LogP) is -0.659. The van der Waals surface area contributed by atoms with Crippen molar-refractivity contribution in [3.8, 4) is 0 Å². The molecule has 0 aromatic rings. The van der Waals surface area contributed by atoms with Crippen LogP contribution >= 0.6 is 0 Å². The highest BCUT2D eigenvalue weighted by molar-refractivity contribution is 7.90. The van der Waals surface area contributed by atoms with Crippen molar-refractivity contribution in [2.24, 2.45) is 0 Å². The third-order valence-electron chi connectivity index (χ3n) is 2.13. The van der Waals surface area contributed by atoms with Crippen molar-refractivity contribution >= 4 is 10.0 Å². The molecule has 5 heteroatoms. The molecule has 0 aromatic carbocycles. The standard InChI is InChI=1S/C6H12N2O2S/c9-11(10,6-1-2-6)8-4-3-7-5-8/h6-7H,1-5H2. The van der Waals surface area contributed by atoms with Gasteiger partial charge in [-0.05, 0) is 12.8 Å². The number of hydrogen-bond donors (Lipinski definition) is 1. The average Bonchev–Trinajstić information content (AvgIpc) is 2.66. The van der Waals surface area contributed by atoms with Gasteiger partial charge in [0.25, 0.3) is 0 Å². The fourth-order valence-electron chi connectivity index (χ4n) is 1.28. The van der Waals surface area contributed by atoms with Gasteiger partial charge in [-0.1, -0.05) is 0 Å². The molecule has 1 aliphatic carbocycles. The first kappa shape index (κ1) is 7.52. The van der Waals surface area contributed by atoms with Gasteiger partial charge in [0.2, 0.25) is 10.0 Å². The molecule has 1 N–H and O–H groups in total. The zero-order chi connectivity index (χ0) is 7.90. The van der Waals surface area contributed by atoms with E-state index in [-0.39, 0.29) is 5.25 Å². The maximum atomic E-state index is 11.5. The minimum absolute atomic E-state index is 0.0533. The average molecular weight is 176 g/mol. The molecule has 0 amide bonds. The maximum Gasteiger partial charge on any atom is 0.218 e. The van der Waals surface area contributed by atoms with Crippen molar-refractivity contribution in [3.05, 3.63) is 0 Å². The van der Waals surface area contributed by atoms with Crippen LogP contribution in [0.25, 0.3) is 0 Å². The van der Waals surface area contributed by atoms with Gasteiger partial charge in [-0.15, -0.1) is 0 Å². The minimum Gasteiger partial charge on any atom is -0.302 e. The summed E-state index contributed by atoms with van der Waals surface area (Å²) in [5, 5.41) is 2.95. The molecule has 1 heterocycles. The molecule has 1 aliphatic heterocycles. The van der Waals surface area contributed by atoms with Gasteiger partial charge in [-0.2, -0.15) is 4.31 Å². The lowest BCUT2D eigenvalue weighted by Crippen LogP contribution is -2.32. The second kappa shape index (κ2) is 2.43. The van der Waals surface area contributed by atoms with Crippen LogP contribution in [0.5, 0.6) is 0 Å². The molecule has 2 fully saturated rings. The Labute approximate surface area is 66.6 Å². The topological polar surface area (TPSA) is 49.4 Å². The molecule has 0 radical (unpaired) electrons. The lowest BCUT2D eigenvalue weighted by molar-refractivity contribution is 0.472. The van der Waals surface area contributed by atoms with E-state index in [4.69, 9.17) is 0 Å². The fraction of sp³-hybridized carbons (Fsp3) is 1.00. The van der Waals surface area contributed by atoms with Crippen LogP contribution in [0.15, 0.2) is 0 Å². The normalized spacial score (nSPS) is 27.6. The summed E-state index contributed by atoms with van der Waals surface area (Å²) in [4.78, 5) is 0. The third kappa shape index (κ3) is 1.28. The summed E-state index contributed by atoms with van der Waals surface area (Å²) < 4.78 is 24.5. The van der Waals surface area contributed by atoms with Crippen molar-refractivity contribution in [2.45, 2.75) is 18.1 Å². The van der Waals surface area contributed by atoms with Crippen LogP contribution in [0.2, 0.25) is 0 Å². The highest BCUT2D eigenvalue weighted by Gasteiger charge is 2.40. The first-order valence-corrected chi connectivity index (χ1v) is 5.41. The van der Waals surface area contributed by atoms with Crippen molar-refractivity contribution < 1.29 is 8.42 Å². The molecule has 4 nitrogen and oxygen atoms in total. The summed E-state index contributed by atoms with van der Waals surface area (Å²) in [5.41, 5.74) is 0. The molecule has 64 valence electrons. The van der Waals surface area contributed by atoms with Crippen LogP contribution in [0, 0.1) is 0 Å². The van der Waals surface area contributed by atoms with Gasteiger partial charge in [0.05, 0.1) is 11.9 Å². The summed E-state index contributed by atoms with van der Waals surface area (Å²) >= 11 is 0. The number of nitrogens with one attached hydrogen (secondary N) is 1. The molecule has 0 unspecified atom stereocenters. The molecule has 11 heavy (non-hydrogen) atoms. The van der Waals surface area contributed by atoms with E-state index in [1.165, 1.54) is 0 Å². The largest absolute Gasteiger partial charge is 0.302 e. The van der Waals surface area contributed by atoms with Crippen molar-refractivity contribution in [2.75, 3.05) is 19.8 Å². The van der Waals surface area contributed by atoms with E-state index in [0.29, 0.717) is 13.2 Å². The molecule has 0 bridgehead atoms. The lowest BCUT2D eigenvalue weighted by Gasteiger charge is -2.13. The van der Waals surface area contributed by atoms with Crippen LogP contribution in [0.4, 0.5) is 0 Å². The molecule has 2 rings (SSSR count). The van der Waals surface area contributed by atoms with Gasteiger partial charge in [0.1, 0.15) is 0 Å². The van der Waals surface area contributed by atoms with E-state index in [1.54, 1.807) is 4.31 Å². The maximum absolute atomic E-state index is 11.5. The zero-order valence-electron chi connectivity index (χ0n) is 6.28. The Kier molecular flexibility index (Phi) is 1.66. The fourth-order valence-corrected chi connectivity index (χ4v) is 3.05. The highest BCUT2D eigenvalue weighted by atomic mass is 32.2. The second-order valence-corrected chi connectivity index (χ2v) is 5.29. The molecule has 2 aliphatic rings. The van der Waals surface area contributed by atoms with Crippen LogP contribution in [-0.4, -0.2) is 37.7 Å². The van der Waals surface area contributed by atoms with Crippen LogP contribution in [-0.2, 0) is 10.0 Å². The molecule has 0 atom stereocenters. The second-order valence-electron chi connectivity index (χ2n) is 3.08. The number of hydrogen-bond acceptors (Lipinski definition) is 3. The number of sulfonamides is 1. The van der Waals surface area contributed by atoms with E-state index < -0.39 is 10.0 Å². The summed E-state index contributed by atoms with van der Waals surface area (Å²) in [6.07, 6.45) is 1.72. The first-order chi connectivity index (χ1) is 5.21. The van der Waals surface area contributed by atoms with Crippen molar-refractivity contribution in [3.63, 3.8) is 0 Å². The number of nitrogens with zero attached hydrogens (tertiary/aromatic N) is 1. The van der Waals surface area contributed by atoms with E-state index in [0.717, 1.165) is 19.4 Å². The van der Waals surface area contributed by atoms with Gasteiger partial charge in [0.15, 0.2) is 0 Å². The van der Waals surface area contributed by atoms with Gasteiger partial charge in [0, 0.05) is 13.1 Å². The van der Waals surface area contributed by atoms with E-state index >= 15 is 0 Å². The van der Waals surface area contributed by atoms with E-state index in [9.17, 15) is 8.42 Å². The minimum atomic E-state index is -2.89. The van der Waals surface area contributed by atoms with Gasteiger partial charge in [-0.3, -0.25) is 0 Å². The smallest absolute Gasteiger partial charge is 0.218 e. The predicted molar refractivity (Wildman–Crippen MR) is 41.5 cm³/mol. The van der Waals surface area contributed by atoms with E-state index in [1.807, 2.05) is 0 Å². The van der Waals surface area contributed by atoms with Gasteiger partial charge >= 0.3 is 0 Å². The Balaban J connectivity index is 2.12. The monoisotopic (exact) mass is 176 g/mol. The Morgan fingerprint density at radius 3 is 2.55 bits per heavy atom. The van der Waals surface area contributed by atoms with Crippen molar-refractivity contribution in [1.29, 1.82) is 0 Å². The lowest BCUT2D eigenvalue weighted by atomic mass is 10.7. The SMILES string of the molecule is O=S(=O)(C1CC1)N1CCNC1. The Hall–Kier alpha value is -0.130. The molecular weight excluding hydrogens is 164 g/mol. The van der Waals surface area contributed by atoms with Gasteiger partial charge < -0.3 is 5.32 Å². The number of rotatable bonds is 2. The summed E-state index contributed by atoms with van der Waals surface area (Å²) in [6, 6.07) is 0. The Morgan fingerprint density at radius 1 is 1.36 bits per heavy atom. The summed E-state index contributed by atoms with van der Waals surface area (Å²) in [6.45, 7) is 1.96. The zero-order valence-corrected chi connectivity index (χ0v) is 7.10. The van der Waals surface area contributed by atoms with Crippen LogP contribution in [0.1, 0.15) is 12.8 Å². The van der Waals surface area contributed by atoms with Crippen LogP contribution < -0.4 is 5.32 Å². The highest BCUT2D eigenvalue weighted by Crippen LogP contribution is 2.30. The molecule has 0 spiro atoms. The Bertz CT molecular complexity index is 239. The molecule has 0 aromatic heterocycles.